The van der Waals surface area contributed by atoms with Crippen LogP contribution in [0.2, 0.25) is 0 Å². The monoisotopic (exact) mass is 294 g/mol. The van der Waals surface area contributed by atoms with E-state index in [-0.39, 0.29) is 11.9 Å². The van der Waals surface area contributed by atoms with Crippen molar-refractivity contribution in [1.82, 2.24) is 10.6 Å². The van der Waals surface area contributed by atoms with Crippen molar-refractivity contribution >= 4 is 27.9 Å². The van der Waals surface area contributed by atoms with Gasteiger partial charge in [-0.25, -0.2) is 4.79 Å². The van der Waals surface area contributed by atoms with Crippen molar-refractivity contribution in [3.8, 4) is 0 Å². The number of urea groups is 1. The number of carbonyl (C=O) groups is 2. The lowest BCUT2D eigenvalue weighted by molar-refractivity contribution is -0.124. The van der Waals surface area contributed by atoms with E-state index in [9.17, 15) is 9.59 Å². The summed E-state index contributed by atoms with van der Waals surface area (Å²) in [5.74, 6) is -0.205. The quantitative estimate of drug-likeness (QED) is 0.713. The standard InChI is InChI=1S/C12H11BrN2O2/c13-9-3-1-2-7-4-5-12(6-8(7)9)10(16)14-11(17)15-12/h1-3H,4-6H2,(H2,14,15,16,17). The van der Waals surface area contributed by atoms with Crippen LogP contribution >= 0.6 is 15.9 Å². The summed E-state index contributed by atoms with van der Waals surface area (Å²) in [7, 11) is 0. The van der Waals surface area contributed by atoms with Crippen LogP contribution in [0.25, 0.3) is 0 Å². The van der Waals surface area contributed by atoms with Crippen LogP contribution in [0.3, 0.4) is 0 Å². The fraction of sp³-hybridized carbons (Fsp3) is 0.333. The molecule has 3 amide bonds. The molecule has 1 saturated heterocycles. The molecule has 0 radical (unpaired) electrons. The number of benzene rings is 1. The topological polar surface area (TPSA) is 58.2 Å². The number of amides is 3. The van der Waals surface area contributed by atoms with Gasteiger partial charge in [-0.05, 0) is 30.0 Å². The summed E-state index contributed by atoms with van der Waals surface area (Å²) in [5, 5.41) is 5.09. The second-order valence-electron chi connectivity index (χ2n) is 4.54. The number of nitrogens with one attached hydrogen (secondary N) is 2. The summed E-state index contributed by atoms with van der Waals surface area (Å²) in [6.45, 7) is 0. The second kappa shape index (κ2) is 3.57. The first-order valence-electron chi connectivity index (χ1n) is 5.51. The van der Waals surface area contributed by atoms with Gasteiger partial charge in [-0.3, -0.25) is 10.1 Å². The molecule has 3 rings (SSSR count). The minimum atomic E-state index is -0.742. The first-order chi connectivity index (χ1) is 8.11. The Labute approximate surface area is 107 Å². The van der Waals surface area contributed by atoms with Gasteiger partial charge in [0.2, 0.25) is 0 Å². The molecule has 1 aromatic carbocycles. The molecule has 5 heteroatoms. The van der Waals surface area contributed by atoms with Gasteiger partial charge in [0.05, 0.1) is 0 Å². The lowest BCUT2D eigenvalue weighted by Crippen LogP contribution is -2.51. The van der Waals surface area contributed by atoms with Gasteiger partial charge in [-0.15, -0.1) is 0 Å². The molecule has 4 nitrogen and oxygen atoms in total. The fourth-order valence-corrected chi connectivity index (χ4v) is 3.15. The second-order valence-corrected chi connectivity index (χ2v) is 5.40. The van der Waals surface area contributed by atoms with E-state index in [0.717, 1.165) is 16.5 Å². The molecular formula is C12H11BrN2O2. The van der Waals surface area contributed by atoms with E-state index >= 15 is 0 Å². The third-order valence-electron chi connectivity index (χ3n) is 3.53. The smallest absolute Gasteiger partial charge is 0.322 e. The Morgan fingerprint density at radius 3 is 2.82 bits per heavy atom. The summed E-state index contributed by atoms with van der Waals surface area (Å²) in [6.07, 6.45) is 2.03. The number of carbonyl (C=O) groups excluding carboxylic acids is 2. The van der Waals surface area contributed by atoms with E-state index in [1.807, 2.05) is 12.1 Å². The Hall–Kier alpha value is -1.36. The van der Waals surface area contributed by atoms with Gasteiger partial charge >= 0.3 is 6.03 Å². The Morgan fingerprint density at radius 2 is 2.12 bits per heavy atom. The fourth-order valence-electron chi connectivity index (χ4n) is 2.60. The molecule has 1 aliphatic heterocycles. The zero-order valence-corrected chi connectivity index (χ0v) is 10.6. The summed E-state index contributed by atoms with van der Waals surface area (Å²) in [5.41, 5.74) is 1.63. The first kappa shape index (κ1) is 10.8. The molecule has 1 heterocycles. The van der Waals surface area contributed by atoms with Crippen molar-refractivity contribution in [2.75, 3.05) is 0 Å². The molecule has 2 N–H and O–H groups in total. The molecular weight excluding hydrogens is 284 g/mol. The molecule has 0 bridgehead atoms. The highest BCUT2D eigenvalue weighted by Crippen LogP contribution is 2.34. The highest BCUT2D eigenvalue weighted by molar-refractivity contribution is 9.10. The van der Waals surface area contributed by atoms with Gasteiger partial charge < -0.3 is 5.32 Å². The molecule has 1 aliphatic carbocycles. The average molecular weight is 295 g/mol. The van der Waals surface area contributed by atoms with E-state index in [4.69, 9.17) is 0 Å². The van der Waals surface area contributed by atoms with Gasteiger partial charge in [0.25, 0.3) is 5.91 Å². The van der Waals surface area contributed by atoms with E-state index in [1.54, 1.807) is 0 Å². The van der Waals surface area contributed by atoms with E-state index in [1.165, 1.54) is 5.56 Å². The van der Waals surface area contributed by atoms with Crippen LogP contribution < -0.4 is 10.6 Å². The van der Waals surface area contributed by atoms with Crippen LogP contribution in [0.15, 0.2) is 22.7 Å². The molecule has 0 aromatic heterocycles. The van der Waals surface area contributed by atoms with Crippen molar-refractivity contribution in [3.63, 3.8) is 0 Å². The zero-order chi connectivity index (χ0) is 12.0. The van der Waals surface area contributed by atoms with Crippen LogP contribution in [0, 0.1) is 0 Å². The lowest BCUT2D eigenvalue weighted by atomic mass is 9.78. The van der Waals surface area contributed by atoms with Gasteiger partial charge in [0.15, 0.2) is 0 Å². The molecule has 1 atom stereocenters. The zero-order valence-electron chi connectivity index (χ0n) is 9.05. The van der Waals surface area contributed by atoms with Gasteiger partial charge in [-0.2, -0.15) is 0 Å². The van der Waals surface area contributed by atoms with Crippen molar-refractivity contribution < 1.29 is 9.59 Å². The number of hydrogen-bond acceptors (Lipinski definition) is 2. The highest BCUT2D eigenvalue weighted by atomic mass is 79.9. The number of fused-ring (bicyclic) bond motifs is 1. The van der Waals surface area contributed by atoms with Crippen molar-refractivity contribution in [2.24, 2.45) is 0 Å². The normalized spacial score (nSPS) is 26.6. The number of rotatable bonds is 0. The SMILES string of the molecule is O=C1NC(=O)C2(CCc3cccc(Br)c3C2)N1. The van der Waals surface area contributed by atoms with Crippen molar-refractivity contribution in [3.05, 3.63) is 33.8 Å². The molecule has 88 valence electrons. The highest BCUT2D eigenvalue weighted by Gasteiger charge is 2.48. The van der Waals surface area contributed by atoms with Crippen LogP contribution in [-0.4, -0.2) is 17.5 Å². The van der Waals surface area contributed by atoms with Gasteiger partial charge in [0, 0.05) is 10.9 Å². The lowest BCUT2D eigenvalue weighted by Gasteiger charge is -2.32. The number of imide groups is 1. The Morgan fingerprint density at radius 1 is 1.29 bits per heavy atom. The summed E-state index contributed by atoms with van der Waals surface area (Å²) in [4.78, 5) is 23.1. The predicted molar refractivity (Wildman–Crippen MR) is 65.6 cm³/mol. The summed E-state index contributed by atoms with van der Waals surface area (Å²) in [6, 6.07) is 5.65. The van der Waals surface area contributed by atoms with E-state index in [0.29, 0.717) is 12.8 Å². The molecule has 17 heavy (non-hydrogen) atoms. The van der Waals surface area contributed by atoms with Crippen molar-refractivity contribution in [1.29, 1.82) is 0 Å². The average Bonchev–Trinajstić information content (AvgIpc) is 2.55. The molecule has 0 saturated carbocycles. The van der Waals surface area contributed by atoms with Gasteiger partial charge in [-0.1, -0.05) is 28.1 Å². The maximum absolute atomic E-state index is 11.9. The summed E-state index contributed by atoms with van der Waals surface area (Å²) >= 11 is 3.50. The molecule has 1 aromatic rings. The molecule has 1 unspecified atom stereocenters. The number of hydrogen-bond donors (Lipinski definition) is 2. The molecule has 1 fully saturated rings. The molecule has 1 spiro atoms. The Balaban J connectivity index is 2.03. The number of aryl methyl sites for hydroxylation is 1. The minimum Gasteiger partial charge on any atom is -0.323 e. The summed E-state index contributed by atoms with van der Waals surface area (Å²) < 4.78 is 1.00. The maximum atomic E-state index is 11.9. The van der Waals surface area contributed by atoms with Crippen LogP contribution in [0.5, 0.6) is 0 Å². The maximum Gasteiger partial charge on any atom is 0.322 e. The van der Waals surface area contributed by atoms with E-state index < -0.39 is 5.54 Å². The van der Waals surface area contributed by atoms with Crippen LogP contribution in [-0.2, 0) is 17.6 Å². The van der Waals surface area contributed by atoms with Crippen LogP contribution in [0.1, 0.15) is 17.5 Å². The van der Waals surface area contributed by atoms with Crippen LogP contribution in [0.4, 0.5) is 4.79 Å². The number of halogens is 1. The third-order valence-corrected chi connectivity index (χ3v) is 4.27. The third kappa shape index (κ3) is 1.57. The first-order valence-corrected chi connectivity index (χ1v) is 6.30. The van der Waals surface area contributed by atoms with E-state index in [2.05, 4.69) is 32.6 Å². The minimum absolute atomic E-state index is 0.205. The van der Waals surface area contributed by atoms with Gasteiger partial charge in [0.1, 0.15) is 5.54 Å². The Kier molecular flexibility index (Phi) is 2.26. The predicted octanol–water partition coefficient (Wildman–Crippen LogP) is 1.52. The molecule has 2 aliphatic rings. The Bertz CT molecular complexity index is 529. The van der Waals surface area contributed by atoms with Crippen molar-refractivity contribution in [2.45, 2.75) is 24.8 Å². The largest absolute Gasteiger partial charge is 0.323 e.